The standard InChI is InChI=1S/C11H22FN3/c1-10-6-4-8-13-11(10)15(3)14(2)9-5-7-12/h13H,4-9H2,1-3H3. The van der Waals surface area contributed by atoms with Crippen LogP contribution in [-0.2, 0) is 0 Å². The maximum absolute atomic E-state index is 12.1. The molecule has 0 atom stereocenters. The third-order valence-corrected chi connectivity index (χ3v) is 2.88. The minimum absolute atomic E-state index is 0.246. The minimum atomic E-state index is -0.246. The Morgan fingerprint density at radius 3 is 2.73 bits per heavy atom. The quantitative estimate of drug-likeness (QED) is 0.705. The van der Waals surface area contributed by atoms with Gasteiger partial charge in [0, 0.05) is 27.2 Å². The first-order chi connectivity index (χ1) is 7.16. The van der Waals surface area contributed by atoms with Gasteiger partial charge < -0.3 is 5.32 Å². The maximum Gasteiger partial charge on any atom is 0.115 e. The van der Waals surface area contributed by atoms with Gasteiger partial charge in [0.15, 0.2) is 0 Å². The lowest BCUT2D eigenvalue weighted by atomic mass is 10.1. The van der Waals surface area contributed by atoms with Crippen LogP contribution < -0.4 is 5.32 Å². The van der Waals surface area contributed by atoms with E-state index in [4.69, 9.17) is 0 Å². The van der Waals surface area contributed by atoms with E-state index in [0.717, 1.165) is 19.5 Å². The molecule has 1 heterocycles. The Labute approximate surface area is 91.9 Å². The lowest BCUT2D eigenvalue weighted by Crippen LogP contribution is -2.43. The van der Waals surface area contributed by atoms with Crippen LogP contribution in [0.2, 0.25) is 0 Å². The van der Waals surface area contributed by atoms with Gasteiger partial charge in [-0.3, -0.25) is 9.40 Å². The van der Waals surface area contributed by atoms with Gasteiger partial charge in [-0.15, -0.1) is 0 Å². The molecular weight excluding hydrogens is 193 g/mol. The second-order valence-electron chi connectivity index (χ2n) is 4.11. The summed E-state index contributed by atoms with van der Waals surface area (Å²) in [6, 6.07) is 0. The third kappa shape index (κ3) is 3.38. The van der Waals surface area contributed by atoms with Crippen molar-refractivity contribution in [1.82, 2.24) is 15.3 Å². The fourth-order valence-corrected chi connectivity index (χ4v) is 1.83. The van der Waals surface area contributed by atoms with E-state index in [0.29, 0.717) is 6.42 Å². The first-order valence-corrected chi connectivity index (χ1v) is 5.61. The number of hydrazine groups is 1. The molecule has 1 N–H and O–H groups in total. The molecule has 88 valence electrons. The molecule has 0 saturated heterocycles. The van der Waals surface area contributed by atoms with Crippen molar-refractivity contribution >= 4 is 0 Å². The van der Waals surface area contributed by atoms with E-state index in [9.17, 15) is 4.39 Å². The van der Waals surface area contributed by atoms with Gasteiger partial charge in [-0.2, -0.15) is 0 Å². The topological polar surface area (TPSA) is 18.5 Å². The summed E-state index contributed by atoms with van der Waals surface area (Å²) in [5.74, 6) is 1.18. The molecule has 0 aromatic rings. The van der Waals surface area contributed by atoms with Gasteiger partial charge in [0.25, 0.3) is 0 Å². The highest BCUT2D eigenvalue weighted by molar-refractivity contribution is 5.11. The average molecular weight is 215 g/mol. The highest BCUT2D eigenvalue weighted by Crippen LogP contribution is 2.16. The molecule has 0 aromatic heterocycles. The summed E-state index contributed by atoms with van der Waals surface area (Å²) >= 11 is 0. The summed E-state index contributed by atoms with van der Waals surface area (Å²) in [6.45, 7) is 3.70. The van der Waals surface area contributed by atoms with Crippen LogP contribution in [0.5, 0.6) is 0 Å². The molecule has 0 radical (unpaired) electrons. The molecule has 0 fully saturated rings. The van der Waals surface area contributed by atoms with Crippen LogP contribution in [0, 0.1) is 0 Å². The van der Waals surface area contributed by atoms with Crippen LogP contribution in [-0.4, -0.2) is 43.9 Å². The number of hydrogen-bond donors (Lipinski definition) is 1. The van der Waals surface area contributed by atoms with Crippen LogP contribution >= 0.6 is 0 Å². The van der Waals surface area contributed by atoms with Gasteiger partial charge in [0.1, 0.15) is 5.82 Å². The number of rotatable bonds is 5. The van der Waals surface area contributed by atoms with Gasteiger partial charge in [0.05, 0.1) is 6.67 Å². The maximum atomic E-state index is 12.1. The third-order valence-electron chi connectivity index (χ3n) is 2.88. The first kappa shape index (κ1) is 12.3. The number of nitrogens with one attached hydrogen (secondary N) is 1. The molecule has 4 heteroatoms. The molecule has 0 aromatic carbocycles. The van der Waals surface area contributed by atoms with Crippen molar-refractivity contribution < 1.29 is 4.39 Å². The van der Waals surface area contributed by atoms with E-state index in [1.807, 2.05) is 14.1 Å². The second kappa shape index (κ2) is 5.95. The fourth-order valence-electron chi connectivity index (χ4n) is 1.83. The Morgan fingerprint density at radius 2 is 2.13 bits per heavy atom. The number of halogens is 1. The van der Waals surface area contributed by atoms with Crippen molar-refractivity contribution in [2.75, 3.05) is 33.9 Å². The largest absolute Gasteiger partial charge is 0.371 e. The van der Waals surface area contributed by atoms with E-state index in [-0.39, 0.29) is 6.67 Å². The van der Waals surface area contributed by atoms with Gasteiger partial charge in [-0.25, -0.2) is 5.01 Å². The van der Waals surface area contributed by atoms with Gasteiger partial charge in [0.2, 0.25) is 0 Å². The predicted octanol–water partition coefficient (Wildman–Crippen LogP) is 1.74. The Bertz CT molecular complexity index is 228. The lowest BCUT2D eigenvalue weighted by Gasteiger charge is -2.35. The van der Waals surface area contributed by atoms with Crippen LogP contribution in [0.1, 0.15) is 26.2 Å². The number of allylic oxidation sites excluding steroid dienone is 1. The zero-order chi connectivity index (χ0) is 11.3. The lowest BCUT2D eigenvalue weighted by molar-refractivity contribution is 0.0500. The summed E-state index contributed by atoms with van der Waals surface area (Å²) in [4.78, 5) is 0. The van der Waals surface area contributed by atoms with Gasteiger partial charge >= 0.3 is 0 Å². The molecule has 0 amide bonds. The van der Waals surface area contributed by atoms with E-state index < -0.39 is 0 Å². The Morgan fingerprint density at radius 1 is 1.40 bits per heavy atom. The van der Waals surface area contributed by atoms with Gasteiger partial charge in [-0.1, -0.05) is 0 Å². The van der Waals surface area contributed by atoms with E-state index in [1.54, 1.807) is 0 Å². The normalized spacial score (nSPS) is 16.9. The van der Waals surface area contributed by atoms with Crippen LogP contribution in [0.4, 0.5) is 4.39 Å². The van der Waals surface area contributed by atoms with Crippen molar-refractivity contribution in [3.8, 4) is 0 Å². The van der Waals surface area contributed by atoms with Gasteiger partial charge in [-0.05, 0) is 31.8 Å². The molecule has 0 unspecified atom stereocenters. The molecule has 15 heavy (non-hydrogen) atoms. The zero-order valence-electron chi connectivity index (χ0n) is 10.0. The van der Waals surface area contributed by atoms with Crippen molar-refractivity contribution in [2.24, 2.45) is 0 Å². The molecule has 1 aliphatic heterocycles. The molecule has 1 rings (SSSR count). The van der Waals surface area contributed by atoms with Crippen molar-refractivity contribution in [3.05, 3.63) is 11.4 Å². The van der Waals surface area contributed by atoms with E-state index in [1.165, 1.54) is 17.8 Å². The summed E-state index contributed by atoms with van der Waals surface area (Å²) in [7, 11) is 4.02. The highest BCUT2D eigenvalue weighted by Gasteiger charge is 2.15. The summed E-state index contributed by atoms with van der Waals surface area (Å²) in [5.41, 5.74) is 1.39. The smallest absolute Gasteiger partial charge is 0.115 e. The number of alkyl halides is 1. The number of nitrogens with zero attached hydrogens (tertiary/aromatic N) is 2. The van der Waals surface area contributed by atoms with Crippen LogP contribution in [0.25, 0.3) is 0 Å². The van der Waals surface area contributed by atoms with Crippen LogP contribution in [0.15, 0.2) is 11.4 Å². The van der Waals surface area contributed by atoms with Crippen molar-refractivity contribution in [2.45, 2.75) is 26.2 Å². The molecular formula is C11H22FN3. The molecule has 3 nitrogen and oxygen atoms in total. The Hall–Kier alpha value is -0.770. The highest BCUT2D eigenvalue weighted by atomic mass is 19.1. The minimum Gasteiger partial charge on any atom is -0.371 e. The average Bonchev–Trinajstić information content (AvgIpc) is 2.25. The molecule has 0 saturated carbocycles. The predicted molar refractivity (Wildman–Crippen MR) is 60.9 cm³/mol. The van der Waals surface area contributed by atoms with Crippen molar-refractivity contribution in [3.63, 3.8) is 0 Å². The number of hydrogen-bond acceptors (Lipinski definition) is 3. The molecule has 0 aliphatic carbocycles. The molecule has 0 bridgehead atoms. The Balaban J connectivity index is 2.54. The van der Waals surface area contributed by atoms with Crippen LogP contribution in [0.3, 0.4) is 0 Å². The SMILES string of the molecule is CC1=C(N(C)N(C)CCCF)NCCC1. The molecule has 0 spiro atoms. The molecule has 1 aliphatic rings. The fraction of sp³-hybridized carbons (Fsp3) is 0.818. The summed E-state index contributed by atoms with van der Waals surface area (Å²) < 4.78 is 12.1. The second-order valence-corrected chi connectivity index (χ2v) is 4.11. The summed E-state index contributed by atoms with van der Waals surface area (Å²) in [6.07, 6.45) is 2.95. The Kier molecular flexibility index (Phi) is 4.88. The van der Waals surface area contributed by atoms with E-state index in [2.05, 4.69) is 22.3 Å². The first-order valence-electron chi connectivity index (χ1n) is 5.61. The van der Waals surface area contributed by atoms with E-state index >= 15 is 0 Å². The summed E-state index contributed by atoms with van der Waals surface area (Å²) in [5, 5.41) is 7.54. The monoisotopic (exact) mass is 215 g/mol. The zero-order valence-corrected chi connectivity index (χ0v) is 10.0. The van der Waals surface area contributed by atoms with Crippen molar-refractivity contribution in [1.29, 1.82) is 0 Å².